The normalized spacial score (nSPS) is 11.4. The number of aromatic nitrogens is 2. The summed E-state index contributed by atoms with van der Waals surface area (Å²) in [6.07, 6.45) is -4.57. The highest BCUT2D eigenvalue weighted by Gasteiger charge is 2.35. The molecule has 0 aliphatic carbocycles. The Morgan fingerprint density at radius 2 is 1.83 bits per heavy atom. The van der Waals surface area contributed by atoms with E-state index in [2.05, 4.69) is 15.5 Å². The minimum Gasteiger partial charge on any atom is -0.296 e. The molecule has 0 bridgehead atoms. The first-order valence-electron chi connectivity index (χ1n) is 6.30. The second-order valence-corrected chi connectivity index (χ2v) is 6.29. The van der Waals surface area contributed by atoms with E-state index in [0.29, 0.717) is 21.8 Å². The summed E-state index contributed by atoms with van der Waals surface area (Å²) >= 11 is 1.50. The number of hydrogen-bond acceptors (Lipinski definition) is 5. The number of anilines is 1. The van der Waals surface area contributed by atoms with Crippen LogP contribution in [0.1, 0.15) is 14.7 Å². The number of benzene rings is 1. The Morgan fingerprint density at radius 3 is 2.48 bits per heavy atom. The quantitative estimate of drug-likeness (QED) is 0.751. The molecule has 0 fully saturated rings. The minimum absolute atomic E-state index is 0.185. The molecule has 4 nitrogen and oxygen atoms in total. The highest BCUT2D eigenvalue weighted by Crippen LogP contribution is 2.34. The van der Waals surface area contributed by atoms with Crippen molar-refractivity contribution < 1.29 is 18.0 Å². The van der Waals surface area contributed by atoms with Crippen LogP contribution >= 0.6 is 22.7 Å². The van der Waals surface area contributed by atoms with Gasteiger partial charge in [-0.25, -0.2) is 0 Å². The zero-order valence-electron chi connectivity index (χ0n) is 11.3. The van der Waals surface area contributed by atoms with Gasteiger partial charge in [0, 0.05) is 5.56 Å². The van der Waals surface area contributed by atoms with E-state index in [0.717, 1.165) is 5.56 Å². The molecule has 0 saturated heterocycles. The smallest absolute Gasteiger partial charge is 0.296 e. The maximum absolute atomic E-state index is 12.5. The number of nitrogens with zero attached hydrogens (tertiary/aromatic N) is 2. The van der Waals surface area contributed by atoms with Crippen LogP contribution in [-0.4, -0.2) is 16.1 Å². The van der Waals surface area contributed by atoms with Crippen molar-refractivity contribution in [2.45, 2.75) is 6.18 Å². The van der Waals surface area contributed by atoms with Gasteiger partial charge < -0.3 is 0 Å². The van der Waals surface area contributed by atoms with Gasteiger partial charge in [0.15, 0.2) is 0 Å². The largest absolute Gasteiger partial charge is 0.445 e. The fourth-order valence-corrected chi connectivity index (χ4v) is 3.29. The maximum atomic E-state index is 12.5. The van der Waals surface area contributed by atoms with E-state index in [-0.39, 0.29) is 5.13 Å². The average molecular weight is 355 g/mol. The standard InChI is InChI=1S/C14H8F3N3OS2/c15-14(16,17)12-19-20-13(23-12)18-11(21)10-9(6-7-22-10)8-4-2-1-3-5-8/h1-7H,(H,18,20,21). The fourth-order valence-electron chi connectivity index (χ4n) is 1.87. The lowest BCUT2D eigenvalue weighted by atomic mass is 10.1. The van der Waals surface area contributed by atoms with Crippen LogP contribution in [0, 0.1) is 0 Å². The highest BCUT2D eigenvalue weighted by molar-refractivity contribution is 7.16. The molecule has 0 spiro atoms. The molecule has 3 aromatic rings. The lowest BCUT2D eigenvalue weighted by Crippen LogP contribution is -2.11. The van der Waals surface area contributed by atoms with Gasteiger partial charge in [-0.3, -0.25) is 10.1 Å². The van der Waals surface area contributed by atoms with E-state index in [9.17, 15) is 18.0 Å². The van der Waals surface area contributed by atoms with Crippen LogP contribution in [0.25, 0.3) is 11.1 Å². The van der Waals surface area contributed by atoms with Crippen LogP contribution in [0.5, 0.6) is 0 Å². The number of carbonyl (C=O) groups excluding carboxylic acids is 1. The summed E-state index contributed by atoms with van der Waals surface area (Å²) in [5, 5.41) is 9.22. The van der Waals surface area contributed by atoms with E-state index in [1.54, 1.807) is 11.4 Å². The second kappa shape index (κ2) is 6.09. The Kier molecular flexibility index (Phi) is 4.14. The zero-order chi connectivity index (χ0) is 16.4. The van der Waals surface area contributed by atoms with Crippen LogP contribution in [0.3, 0.4) is 0 Å². The summed E-state index contributed by atoms with van der Waals surface area (Å²) in [5.41, 5.74) is 1.57. The number of hydrogen-bond donors (Lipinski definition) is 1. The van der Waals surface area contributed by atoms with Crippen molar-refractivity contribution in [1.29, 1.82) is 0 Å². The number of amides is 1. The predicted octanol–water partition coefficient (Wildman–Crippen LogP) is 4.54. The van der Waals surface area contributed by atoms with Crippen molar-refractivity contribution in [3.63, 3.8) is 0 Å². The maximum Gasteiger partial charge on any atom is 0.445 e. The molecule has 1 N–H and O–H groups in total. The zero-order valence-corrected chi connectivity index (χ0v) is 12.9. The average Bonchev–Trinajstić information content (AvgIpc) is 3.16. The molecule has 0 unspecified atom stereocenters. The molecule has 3 rings (SSSR count). The number of nitrogens with one attached hydrogen (secondary N) is 1. The Balaban J connectivity index is 1.83. The van der Waals surface area contributed by atoms with Crippen LogP contribution in [0.15, 0.2) is 41.8 Å². The third-order valence-electron chi connectivity index (χ3n) is 2.84. The molecular weight excluding hydrogens is 347 g/mol. The fraction of sp³-hybridized carbons (Fsp3) is 0.0714. The minimum atomic E-state index is -4.57. The molecule has 23 heavy (non-hydrogen) atoms. The van der Waals surface area contributed by atoms with Gasteiger partial charge in [0.1, 0.15) is 4.88 Å². The van der Waals surface area contributed by atoms with Crippen molar-refractivity contribution in [2.24, 2.45) is 0 Å². The van der Waals surface area contributed by atoms with E-state index in [1.165, 1.54) is 11.3 Å². The number of carbonyl (C=O) groups is 1. The predicted molar refractivity (Wildman–Crippen MR) is 82.6 cm³/mol. The molecule has 2 heterocycles. The molecule has 0 aliphatic heterocycles. The first kappa shape index (κ1) is 15.6. The van der Waals surface area contributed by atoms with Gasteiger partial charge in [-0.2, -0.15) is 13.2 Å². The van der Waals surface area contributed by atoms with Crippen molar-refractivity contribution in [2.75, 3.05) is 5.32 Å². The molecule has 2 aromatic heterocycles. The van der Waals surface area contributed by atoms with E-state index in [1.807, 2.05) is 30.3 Å². The van der Waals surface area contributed by atoms with Crippen molar-refractivity contribution in [1.82, 2.24) is 10.2 Å². The van der Waals surface area contributed by atoms with Crippen LogP contribution in [-0.2, 0) is 6.18 Å². The first-order chi connectivity index (χ1) is 10.9. The van der Waals surface area contributed by atoms with Gasteiger partial charge >= 0.3 is 6.18 Å². The Labute approximate surface area is 136 Å². The summed E-state index contributed by atoms with van der Waals surface area (Å²) in [6, 6.07) is 11.0. The molecule has 0 radical (unpaired) electrons. The monoisotopic (exact) mass is 355 g/mol. The van der Waals surface area contributed by atoms with Gasteiger partial charge in [-0.1, -0.05) is 41.7 Å². The van der Waals surface area contributed by atoms with Gasteiger partial charge in [0.25, 0.3) is 5.91 Å². The van der Waals surface area contributed by atoms with Crippen molar-refractivity contribution in [3.8, 4) is 11.1 Å². The van der Waals surface area contributed by atoms with Crippen molar-refractivity contribution >= 4 is 33.7 Å². The van der Waals surface area contributed by atoms with Crippen LogP contribution < -0.4 is 5.32 Å². The van der Waals surface area contributed by atoms with Crippen LogP contribution in [0.4, 0.5) is 18.3 Å². The Bertz CT molecular complexity index is 827. The summed E-state index contributed by atoms with van der Waals surface area (Å²) in [4.78, 5) is 12.7. The molecular formula is C14H8F3N3OS2. The number of rotatable bonds is 3. The van der Waals surface area contributed by atoms with Crippen LogP contribution in [0.2, 0.25) is 0 Å². The first-order valence-corrected chi connectivity index (χ1v) is 8.00. The second-order valence-electron chi connectivity index (χ2n) is 4.39. The topological polar surface area (TPSA) is 54.9 Å². The molecule has 9 heteroatoms. The number of halogens is 3. The highest BCUT2D eigenvalue weighted by atomic mass is 32.1. The number of alkyl halides is 3. The summed E-state index contributed by atoms with van der Waals surface area (Å²) in [6.45, 7) is 0. The SMILES string of the molecule is O=C(Nc1nnc(C(F)(F)F)s1)c1sccc1-c1ccccc1. The molecule has 0 aliphatic rings. The van der Waals surface area contributed by atoms with E-state index in [4.69, 9.17) is 0 Å². The van der Waals surface area contributed by atoms with Gasteiger partial charge in [0.05, 0.1) is 0 Å². The Morgan fingerprint density at radius 1 is 1.09 bits per heavy atom. The van der Waals surface area contributed by atoms with E-state index >= 15 is 0 Å². The third kappa shape index (κ3) is 3.40. The Hall–Kier alpha value is -2.26. The number of thiophene rings is 1. The third-order valence-corrected chi connectivity index (χ3v) is 4.64. The lowest BCUT2D eigenvalue weighted by molar-refractivity contribution is -0.138. The van der Waals surface area contributed by atoms with E-state index < -0.39 is 17.1 Å². The lowest BCUT2D eigenvalue weighted by Gasteiger charge is -2.03. The molecule has 0 atom stereocenters. The van der Waals surface area contributed by atoms with Gasteiger partial charge in [0.2, 0.25) is 10.1 Å². The van der Waals surface area contributed by atoms with Gasteiger partial charge in [-0.15, -0.1) is 21.5 Å². The summed E-state index contributed by atoms with van der Waals surface area (Å²) < 4.78 is 37.5. The van der Waals surface area contributed by atoms with Gasteiger partial charge in [-0.05, 0) is 17.0 Å². The summed E-state index contributed by atoms with van der Waals surface area (Å²) in [5.74, 6) is -0.510. The molecule has 118 valence electrons. The summed E-state index contributed by atoms with van der Waals surface area (Å²) in [7, 11) is 0. The molecule has 0 saturated carbocycles. The molecule has 1 aromatic carbocycles. The van der Waals surface area contributed by atoms with Crippen molar-refractivity contribution in [3.05, 3.63) is 51.7 Å². The molecule has 1 amide bonds.